The van der Waals surface area contributed by atoms with Gasteiger partial charge in [0.1, 0.15) is 11.5 Å². The number of rotatable bonds is 9. The molecule has 0 saturated heterocycles. The molecule has 1 amide bonds. The Morgan fingerprint density at radius 3 is 2.68 bits per heavy atom. The average Bonchev–Trinajstić information content (AvgIpc) is 3.18. The molecule has 0 radical (unpaired) electrons. The number of amides is 1. The second-order valence-corrected chi connectivity index (χ2v) is 8.19. The lowest BCUT2D eigenvalue weighted by molar-refractivity contribution is -0.113. The molecule has 1 heterocycles. The molecular weight excluding hydrogens is 459 g/mol. The van der Waals surface area contributed by atoms with Crippen molar-refractivity contribution in [3.63, 3.8) is 0 Å². The van der Waals surface area contributed by atoms with Crippen LogP contribution in [0.3, 0.4) is 0 Å². The molecule has 3 aromatic rings. The first-order chi connectivity index (χ1) is 14.9. The van der Waals surface area contributed by atoms with Gasteiger partial charge in [-0.15, -0.1) is 10.2 Å². The molecule has 0 aliphatic heterocycles. The normalized spacial score (nSPS) is 11.8. The number of carbonyl (C=O) groups is 1. The van der Waals surface area contributed by atoms with Crippen LogP contribution in [0.25, 0.3) is 0 Å². The average molecular weight is 481 g/mol. The summed E-state index contributed by atoms with van der Waals surface area (Å²) in [4.78, 5) is 12.4. The number of aromatic nitrogens is 3. The van der Waals surface area contributed by atoms with E-state index in [0.29, 0.717) is 44.8 Å². The van der Waals surface area contributed by atoms with Crippen LogP contribution in [0.15, 0.2) is 47.6 Å². The van der Waals surface area contributed by atoms with Crippen LogP contribution < -0.4 is 14.8 Å². The van der Waals surface area contributed by atoms with Gasteiger partial charge in [-0.25, -0.2) is 0 Å². The zero-order chi connectivity index (χ0) is 22.4. The molecule has 1 unspecified atom stereocenters. The fraction of sp³-hybridized carbons (Fsp3) is 0.286. The lowest BCUT2D eigenvalue weighted by Gasteiger charge is -2.16. The summed E-state index contributed by atoms with van der Waals surface area (Å²) in [5.41, 5.74) is 0.470. The number of nitrogens with zero attached hydrogens (tertiary/aromatic N) is 3. The summed E-state index contributed by atoms with van der Waals surface area (Å²) < 4.78 is 13.2. The third-order valence-electron chi connectivity index (χ3n) is 4.34. The molecule has 10 heteroatoms. The summed E-state index contributed by atoms with van der Waals surface area (Å²) in [6, 6.07) is 12.5. The standard InChI is InChI=1S/C21H22Cl2N4O3S/c1-4-27-20(13(2)30-15-8-5-7-14(11-15)29-3)25-26-21(27)31-12-18(28)24-17-10-6-9-16(22)19(17)23/h5-11,13H,4,12H2,1-3H3,(H,24,28). The van der Waals surface area contributed by atoms with Crippen molar-refractivity contribution in [2.24, 2.45) is 0 Å². The highest BCUT2D eigenvalue weighted by Gasteiger charge is 2.20. The first-order valence-corrected chi connectivity index (χ1v) is 11.3. The monoisotopic (exact) mass is 480 g/mol. The topological polar surface area (TPSA) is 78.3 Å². The summed E-state index contributed by atoms with van der Waals surface area (Å²) in [5, 5.41) is 12.6. The van der Waals surface area contributed by atoms with Crippen molar-refractivity contribution in [2.45, 2.75) is 31.7 Å². The van der Waals surface area contributed by atoms with E-state index < -0.39 is 0 Å². The number of anilines is 1. The van der Waals surface area contributed by atoms with Crippen molar-refractivity contribution >= 4 is 46.6 Å². The van der Waals surface area contributed by atoms with Gasteiger partial charge in [-0.05, 0) is 38.1 Å². The fourth-order valence-electron chi connectivity index (χ4n) is 2.85. The van der Waals surface area contributed by atoms with E-state index in [0.717, 1.165) is 0 Å². The van der Waals surface area contributed by atoms with Crippen LogP contribution in [0.2, 0.25) is 10.0 Å². The summed E-state index contributed by atoms with van der Waals surface area (Å²) in [5.74, 6) is 1.98. The maximum absolute atomic E-state index is 12.4. The number of hydrogen-bond donors (Lipinski definition) is 1. The largest absolute Gasteiger partial charge is 0.497 e. The SMILES string of the molecule is CCn1c(SCC(=O)Nc2cccc(Cl)c2Cl)nnc1C(C)Oc1cccc(OC)c1. The van der Waals surface area contributed by atoms with Crippen molar-refractivity contribution in [1.82, 2.24) is 14.8 Å². The van der Waals surface area contributed by atoms with Crippen molar-refractivity contribution in [3.8, 4) is 11.5 Å². The Kier molecular flexibility index (Phi) is 8.06. The molecule has 1 atom stereocenters. The lowest BCUT2D eigenvalue weighted by atomic mass is 10.3. The van der Waals surface area contributed by atoms with E-state index in [1.54, 1.807) is 25.3 Å². The zero-order valence-corrected chi connectivity index (χ0v) is 19.6. The minimum absolute atomic E-state index is 0.145. The maximum Gasteiger partial charge on any atom is 0.234 e. The number of carbonyl (C=O) groups excluding carboxylic acids is 1. The number of nitrogens with one attached hydrogen (secondary N) is 1. The molecule has 1 N–H and O–H groups in total. The molecule has 0 bridgehead atoms. The molecule has 2 aromatic carbocycles. The van der Waals surface area contributed by atoms with Gasteiger partial charge in [0.2, 0.25) is 5.91 Å². The Morgan fingerprint density at radius 1 is 1.19 bits per heavy atom. The molecule has 3 rings (SSSR count). The van der Waals surface area contributed by atoms with Gasteiger partial charge in [0.05, 0.1) is 28.6 Å². The Bertz CT molecular complexity index is 1060. The summed E-state index contributed by atoms with van der Waals surface area (Å²) in [7, 11) is 1.61. The zero-order valence-electron chi connectivity index (χ0n) is 17.3. The number of hydrogen-bond acceptors (Lipinski definition) is 6. The van der Waals surface area contributed by atoms with Crippen molar-refractivity contribution in [3.05, 3.63) is 58.3 Å². The van der Waals surface area contributed by atoms with Gasteiger partial charge in [-0.2, -0.15) is 0 Å². The van der Waals surface area contributed by atoms with Crippen LogP contribution in [0.1, 0.15) is 25.8 Å². The van der Waals surface area contributed by atoms with E-state index in [1.165, 1.54) is 11.8 Å². The van der Waals surface area contributed by atoms with E-state index in [4.69, 9.17) is 32.7 Å². The summed E-state index contributed by atoms with van der Waals surface area (Å²) >= 11 is 13.4. The second kappa shape index (κ2) is 10.7. The number of methoxy groups -OCH3 is 1. The highest BCUT2D eigenvalue weighted by Crippen LogP contribution is 2.30. The fourth-order valence-corrected chi connectivity index (χ4v) is 4.01. The Labute approximate surface area is 195 Å². The van der Waals surface area contributed by atoms with E-state index in [9.17, 15) is 4.79 Å². The summed E-state index contributed by atoms with van der Waals surface area (Å²) in [6.07, 6.45) is -0.340. The number of halogens is 2. The van der Waals surface area contributed by atoms with Gasteiger partial charge in [0, 0.05) is 12.6 Å². The molecule has 164 valence electrons. The molecule has 1 aromatic heterocycles. The number of ether oxygens (including phenoxy) is 2. The summed E-state index contributed by atoms with van der Waals surface area (Å²) in [6.45, 7) is 4.52. The van der Waals surface area contributed by atoms with E-state index in [1.807, 2.05) is 42.7 Å². The maximum atomic E-state index is 12.4. The van der Waals surface area contributed by atoms with Gasteiger partial charge in [-0.3, -0.25) is 4.79 Å². The van der Waals surface area contributed by atoms with Crippen LogP contribution in [0.4, 0.5) is 5.69 Å². The van der Waals surface area contributed by atoms with Crippen LogP contribution in [0.5, 0.6) is 11.5 Å². The van der Waals surface area contributed by atoms with Crippen LogP contribution in [-0.4, -0.2) is 33.5 Å². The van der Waals surface area contributed by atoms with E-state index >= 15 is 0 Å². The highest BCUT2D eigenvalue weighted by molar-refractivity contribution is 7.99. The van der Waals surface area contributed by atoms with Crippen LogP contribution in [-0.2, 0) is 11.3 Å². The molecule has 7 nitrogen and oxygen atoms in total. The van der Waals surface area contributed by atoms with Gasteiger partial charge in [-0.1, -0.05) is 47.1 Å². The molecule has 0 spiro atoms. The first-order valence-electron chi connectivity index (χ1n) is 9.53. The van der Waals surface area contributed by atoms with Crippen molar-refractivity contribution in [2.75, 3.05) is 18.2 Å². The van der Waals surface area contributed by atoms with Crippen molar-refractivity contribution < 1.29 is 14.3 Å². The smallest absolute Gasteiger partial charge is 0.234 e. The van der Waals surface area contributed by atoms with E-state index in [-0.39, 0.29) is 17.8 Å². The molecule has 0 aliphatic rings. The van der Waals surface area contributed by atoms with Gasteiger partial charge in [0.25, 0.3) is 0 Å². The molecule has 31 heavy (non-hydrogen) atoms. The third-order valence-corrected chi connectivity index (χ3v) is 6.12. The first kappa shape index (κ1) is 23.2. The number of benzene rings is 2. The predicted molar refractivity (Wildman–Crippen MR) is 124 cm³/mol. The minimum atomic E-state index is -0.340. The minimum Gasteiger partial charge on any atom is -0.497 e. The lowest BCUT2D eigenvalue weighted by Crippen LogP contribution is -2.15. The molecular formula is C21H22Cl2N4O3S. The van der Waals surface area contributed by atoms with E-state index in [2.05, 4.69) is 15.5 Å². The predicted octanol–water partition coefficient (Wildman–Crippen LogP) is 5.48. The second-order valence-electron chi connectivity index (χ2n) is 6.46. The Morgan fingerprint density at radius 2 is 1.94 bits per heavy atom. The Balaban J connectivity index is 1.65. The molecule has 0 saturated carbocycles. The van der Waals surface area contributed by atoms with Crippen molar-refractivity contribution in [1.29, 1.82) is 0 Å². The number of thioether (sulfide) groups is 1. The highest BCUT2D eigenvalue weighted by atomic mass is 35.5. The molecule has 0 fully saturated rings. The van der Waals surface area contributed by atoms with Crippen LogP contribution >= 0.6 is 35.0 Å². The third kappa shape index (κ3) is 5.84. The Hall–Kier alpha value is -2.42. The molecule has 0 aliphatic carbocycles. The van der Waals surface area contributed by atoms with Gasteiger partial charge >= 0.3 is 0 Å². The van der Waals surface area contributed by atoms with Crippen LogP contribution in [0, 0.1) is 0 Å². The van der Waals surface area contributed by atoms with Gasteiger partial charge in [0.15, 0.2) is 17.1 Å². The van der Waals surface area contributed by atoms with Gasteiger partial charge < -0.3 is 19.4 Å². The quantitative estimate of drug-likeness (QED) is 0.408.